The van der Waals surface area contributed by atoms with Crippen molar-refractivity contribution >= 4 is 11.5 Å². The van der Waals surface area contributed by atoms with Crippen LogP contribution in [0.3, 0.4) is 0 Å². The smallest absolute Gasteiger partial charge is 0.162 e. The Balaban J connectivity index is 2.35. The van der Waals surface area contributed by atoms with E-state index in [1.54, 1.807) is 0 Å². The van der Waals surface area contributed by atoms with Crippen LogP contribution >= 0.6 is 0 Å². The molecule has 0 amide bonds. The van der Waals surface area contributed by atoms with Gasteiger partial charge in [-0.25, -0.2) is 0 Å². The summed E-state index contributed by atoms with van der Waals surface area (Å²) in [4.78, 5) is 14.2. The van der Waals surface area contributed by atoms with Crippen molar-refractivity contribution in [1.29, 1.82) is 0 Å². The fourth-order valence-corrected chi connectivity index (χ4v) is 2.42. The van der Waals surface area contributed by atoms with Crippen LogP contribution in [0.25, 0.3) is 0 Å². The summed E-state index contributed by atoms with van der Waals surface area (Å²) in [6.07, 6.45) is 3.13. The molecule has 1 aromatic rings. The van der Waals surface area contributed by atoms with E-state index in [-0.39, 0.29) is 5.78 Å². The van der Waals surface area contributed by atoms with Gasteiger partial charge in [-0.2, -0.15) is 0 Å². The van der Waals surface area contributed by atoms with Gasteiger partial charge in [-0.05, 0) is 31.4 Å². The molecule has 1 heterocycles. The summed E-state index contributed by atoms with van der Waals surface area (Å²) in [6, 6.07) is 6.08. The summed E-state index contributed by atoms with van der Waals surface area (Å²) < 4.78 is 0. The third-order valence-electron chi connectivity index (χ3n) is 3.37. The quantitative estimate of drug-likeness (QED) is 0.725. The summed E-state index contributed by atoms with van der Waals surface area (Å²) >= 11 is 0. The highest BCUT2D eigenvalue weighted by atomic mass is 16.1. The normalized spacial score (nSPS) is 15.5. The summed E-state index contributed by atoms with van der Waals surface area (Å²) in [5.74, 6) is 0.249. The van der Waals surface area contributed by atoms with E-state index in [0.717, 1.165) is 24.2 Å². The highest BCUT2D eigenvalue weighted by molar-refractivity contribution is 5.98. The Bertz CT molecular complexity index is 392. The number of ketones is 1. The van der Waals surface area contributed by atoms with Crippen molar-refractivity contribution in [3.63, 3.8) is 0 Å². The van der Waals surface area contributed by atoms with Gasteiger partial charge in [0.1, 0.15) is 0 Å². The Labute approximate surface area is 97.3 Å². The highest BCUT2D eigenvalue weighted by Gasteiger charge is 2.17. The number of anilines is 1. The van der Waals surface area contributed by atoms with Crippen LogP contribution in [-0.4, -0.2) is 18.9 Å². The van der Waals surface area contributed by atoms with Crippen molar-refractivity contribution in [1.82, 2.24) is 0 Å². The number of carbonyl (C=O) groups excluding carboxylic acids is 1. The van der Waals surface area contributed by atoms with Crippen LogP contribution in [0.15, 0.2) is 18.2 Å². The van der Waals surface area contributed by atoms with Crippen molar-refractivity contribution in [2.24, 2.45) is 0 Å². The molecule has 1 aromatic carbocycles. The number of hydrogen-bond acceptors (Lipinski definition) is 2. The van der Waals surface area contributed by atoms with Crippen LogP contribution in [0.5, 0.6) is 0 Å². The van der Waals surface area contributed by atoms with Crippen molar-refractivity contribution in [2.45, 2.75) is 33.1 Å². The standard InChI is InChI=1S/C14H19NO/c1-3-14(16)12-7-6-8-13(11(12)2)15-9-4-5-10-15/h6-8H,3-5,9-10H2,1-2H3. The van der Waals surface area contributed by atoms with Crippen LogP contribution in [-0.2, 0) is 0 Å². The molecular formula is C14H19NO. The third kappa shape index (κ3) is 1.97. The van der Waals surface area contributed by atoms with E-state index in [9.17, 15) is 4.79 Å². The second-order valence-electron chi connectivity index (χ2n) is 4.42. The molecule has 0 aliphatic carbocycles. The van der Waals surface area contributed by atoms with Gasteiger partial charge in [0.25, 0.3) is 0 Å². The number of benzene rings is 1. The molecule has 0 spiro atoms. The van der Waals surface area contributed by atoms with Gasteiger partial charge in [-0.3, -0.25) is 4.79 Å². The maximum absolute atomic E-state index is 11.8. The van der Waals surface area contributed by atoms with Gasteiger partial charge >= 0.3 is 0 Å². The Morgan fingerprint density at radius 2 is 2.00 bits per heavy atom. The van der Waals surface area contributed by atoms with Crippen LogP contribution in [0.4, 0.5) is 5.69 Å². The number of Topliss-reactive ketones (excluding diaryl/α,β-unsaturated/α-hetero) is 1. The SMILES string of the molecule is CCC(=O)c1cccc(N2CCCC2)c1C. The van der Waals surface area contributed by atoms with E-state index < -0.39 is 0 Å². The number of hydrogen-bond donors (Lipinski definition) is 0. The minimum atomic E-state index is 0.249. The summed E-state index contributed by atoms with van der Waals surface area (Å²) in [6.45, 7) is 6.25. The van der Waals surface area contributed by atoms with Crippen LogP contribution in [0.1, 0.15) is 42.1 Å². The Morgan fingerprint density at radius 1 is 1.31 bits per heavy atom. The molecule has 0 unspecified atom stereocenters. The topological polar surface area (TPSA) is 20.3 Å². The largest absolute Gasteiger partial charge is 0.371 e. The first-order valence-electron chi connectivity index (χ1n) is 6.11. The first kappa shape index (κ1) is 11.2. The van der Waals surface area contributed by atoms with Gasteiger partial charge < -0.3 is 4.90 Å². The highest BCUT2D eigenvalue weighted by Crippen LogP contribution is 2.27. The van der Waals surface area contributed by atoms with Gasteiger partial charge in [-0.1, -0.05) is 19.1 Å². The van der Waals surface area contributed by atoms with E-state index in [1.165, 1.54) is 18.5 Å². The molecule has 1 aliphatic rings. The van der Waals surface area contributed by atoms with Gasteiger partial charge in [-0.15, -0.1) is 0 Å². The second kappa shape index (κ2) is 4.69. The second-order valence-corrected chi connectivity index (χ2v) is 4.42. The zero-order valence-corrected chi connectivity index (χ0v) is 10.1. The average molecular weight is 217 g/mol. The maximum atomic E-state index is 11.8. The molecule has 1 saturated heterocycles. The van der Waals surface area contributed by atoms with Crippen molar-refractivity contribution < 1.29 is 4.79 Å². The third-order valence-corrected chi connectivity index (χ3v) is 3.37. The summed E-state index contributed by atoms with van der Waals surface area (Å²) in [7, 11) is 0. The van der Waals surface area contributed by atoms with Crippen molar-refractivity contribution in [3.8, 4) is 0 Å². The maximum Gasteiger partial charge on any atom is 0.162 e. The lowest BCUT2D eigenvalue weighted by atomic mass is 10.0. The Hall–Kier alpha value is -1.31. The van der Waals surface area contributed by atoms with Gasteiger partial charge in [0.15, 0.2) is 5.78 Å². The molecule has 0 aromatic heterocycles. The molecule has 2 heteroatoms. The molecule has 0 atom stereocenters. The predicted octanol–water partition coefficient (Wildman–Crippen LogP) is 3.19. The molecule has 1 aliphatic heterocycles. The van der Waals surface area contributed by atoms with E-state index in [2.05, 4.69) is 17.9 Å². The fraction of sp³-hybridized carbons (Fsp3) is 0.500. The average Bonchev–Trinajstić information content (AvgIpc) is 2.82. The monoisotopic (exact) mass is 217 g/mol. The first-order valence-corrected chi connectivity index (χ1v) is 6.11. The van der Waals surface area contributed by atoms with Crippen molar-refractivity contribution in [3.05, 3.63) is 29.3 Å². The predicted molar refractivity (Wildman–Crippen MR) is 67.2 cm³/mol. The minimum Gasteiger partial charge on any atom is -0.371 e. The molecule has 86 valence electrons. The lowest BCUT2D eigenvalue weighted by Gasteiger charge is -2.21. The zero-order chi connectivity index (χ0) is 11.5. The lowest BCUT2D eigenvalue weighted by molar-refractivity contribution is 0.0987. The summed E-state index contributed by atoms with van der Waals surface area (Å²) in [5, 5.41) is 0. The lowest BCUT2D eigenvalue weighted by Crippen LogP contribution is -2.19. The molecule has 0 saturated carbocycles. The molecule has 0 radical (unpaired) electrons. The zero-order valence-electron chi connectivity index (χ0n) is 10.1. The Morgan fingerprint density at radius 3 is 2.62 bits per heavy atom. The van der Waals surface area contributed by atoms with E-state index >= 15 is 0 Å². The van der Waals surface area contributed by atoms with E-state index in [1.807, 2.05) is 19.1 Å². The van der Waals surface area contributed by atoms with Gasteiger partial charge in [0.2, 0.25) is 0 Å². The van der Waals surface area contributed by atoms with Gasteiger partial charge in [0, 0.05) is 30.8 Å². The molecule has 1 fully saturated rings. The Kier molecular flexibility index (Phi) is 3.28. The minimum absolute atomic E-state index is 0.249. The summed E-state index contributed by atoms with van der Waals surface area (Å²) in [5.41, 5.74) is 3.29. The number of nitrogens with zero attached hydrogens (tertiary/aromatic N) is 1. The van der Waals surface area contributed by atoms with E-state index in [0.29, 0.717) is 6.42 Å². The molecule has 0 N–H and O–H groups in total. The molecular weight excluding hydrogens is 198 g/mol. The molecule has 2 nitrogen and oxygen atoms in total. The molecule has 2 rings (SSSR count). The number of carbonyl (C=O) groups is 1. The van der Waals surface area contributed by atoms with Gasteiger partial charge in [0.05, 0.1) is 0 Å². The van der Waals surface area contributed by atoms with Crippen LogP contribution in [0.2, 0.25) is 0 Å². The van der Waals surface area contributed by atoms with Crippen molar-refractivity contribution in [2.75, 3.05) is 18.0 Å². The van der Waals surface area contributed by atoms with Crippen LogP contribution < -0.4 is 4.90 Å². The molecule has 0 bridgehead atoms. The molecule has 16 heavy (non-hydrogen) atoms. The van der Waals surface area contributed by atoms with Crippen LogP contribution in [0, 0.1) is 6.92 Å². The van der Waals surface area contributed by atoms with E-state index in [4.69, 9.17) is 0 Å². The number of rotatable bonds is 3. The fourth-order valence-electron chi connectivity index (χ4n) is 2.42. The first-order chi connectivity index (χ1) is 7.74.